The summed E-state index contributed by atoms with van der Waals surface area (Å²) in [6.45, 7) is 8.09. The number of thiophene rings is 1. The van der Waals surface area contributed by atoms with Gasteiger partial charge >= 0.3 is 0 Å². The van der Waals surface area contributed by atoms with Crippen molar-refractivity contribution in [1.82, 2.24) is 14.9 Å². The quantitative estimate of drug-likeness (QED) is 0.222. The number of hydrogen-bond acceptors (Lipinski definition) is 6. The number of nitrogens with one attached hydrogen (secondary N) is 1. The van der Waals surface area contributed by atoms with Crippen molar-refractivity contribution in [2.24, 2.45) is 11.5 Å². The summed E-state index contributed by atoms with van der Waals surface area (Å²) in [5.74, 6) is 0.546. The second-order valence-electron chi connectivity index (χ2n) is 8.65. The maximum absolute atomic E-state index is 11.8. The van der Waals surface area contributed by atoms with Crippen LogP contribution in [0.25, 0.3) is 22.4 Å². The molecule has 1 atom stereocenters. The topological polar surface area (TPSA) is 102 Å². The first-order valence-electron chi connectivity index (χ1n) is 12.2. The number of rotatable bonds is 12. The van der Waals surface area contributed by atoms with Crippen molar-refractivity contribution in [3.63, 3.8) is 0 Å². The van der Waals surface area contributed by atoms with E-state index < -0.39 is 0 Å². The van der Waals surface area contributed by atoms with Crippen LogP contribution in [0.15, 0.2) is 58.4 Å². The van der Waals surface area contributed by atoms with E-state index in [9.17, 15) is 4.79 Å². The molecule has 2 aromatic heterocycles. The van der Waals surface area contributed by atoms with Crippen LogP contribution in [-0.2, 0) is 17.9 Å². The number of nitrogens with zero attached hydrogens (tertiary/aromatic N) is 3. The van der Waals surface area contributed by atoms with Crippen molar-refractivity contribution >= 4 is 49.9 Å². The molecule has 2 heterocycles. The number of anilines is 1. The molecule has 36 heavy (non-hydrogen) atoms. The number of aromatic nitrogens is 2. The highest BCUT2D eigenvalue weighted by molar-refractivity contribution is 9.11. The summed E-state index contributed by atoms with van der Waals surface area (Å²) < 4.78 is 3.25. The Hall–Kier alpha value is -2.72. The molecule has 7 nitrogen and oxygen atoms in total. The third-order valence-corrected chi connectivity index (χ3v) is 7.96. The predicted molar refractivity (Wildman–Crippen MR) is 153 cm³/mol. The van der Waals surface area contributed by atoms with Crippen LogP contribution in [0.2, 0.25) is 0 Å². The third-order valence-electron chi connectivity index (χ3n) is 6.34. The Balaban J connectivity index is 1.67. The van der Waals surface area contributed by atoms with Gasteiger partial charge in [0.25, 0.3) is 0 Å². The first kappa shape index (κ1) is 26.3. The van der Waals surface area contributed by atoms with Crippen molar-refractivity contribution in [2.75, 3.05) is 24.5 Å². The van der Waals surface area contributed by atoms with Gasteiger partial charge in [-0.1, -0.05) is 6.07 Å². The molecule has 5 N–H and O–H groups in total. The van der Waals surface area contributed by atoms with Crippen molar-refractivity contribution < 1.29 is 4.79 Å². The number of nitrogens with two attached hydrogens (primary N) is 2. The zero-order valence-corrected chi connectivity index (χ0v) is 23.1. The molecule has 1 unspecified atom stereocenters. The zero-order valence-electron chi connectivity index (χ0n) is 20.7. The van der Waals surface area contributed by atoms with Gasteiger partial charge in [-0.15, -0.1) is 11.3 Å². The van der Waals surface area contributed by atoms with Crippen LogP contribution < -0.4 is 21.7 Å². The number of carbonyl (C=O) groups excluding carboxylic acids is 1. The highest BCUT2D eigenvalue weighted by Gasteiger charge is 2.18. The Bertz CT molecular complexity index is 1310. The first-order valence-corrected chi connectivity index (χ1v) is 13.9. The van der Waals surface area contributed by atoms with Gasteiger partial charge < -0.3 is 26.3 Å². The van der Waals surface area contributed by atoms with E-state index in [1.165, 1.54) is 10.6 Å². The van der Waals surface area contributed by atoms with E-state index in [0.717, 1.165) is 44.9 Å². The zero-order chi connectivity index (χ0) is 25.7. The highest BCUT2D eigenvalue weighted by Crippen LogP contribution is 2.30. The molecule has 0 aliphatic heterocycles. The van der Waals surface area contributed by atoms with Crippen LogP contribution in [-0.4, -0.2) is 35.1 Å². The lowest BCUT2D eigenvalue weighted by atomic mass is 10.0. The lowest BCUT2D eigenvalue weighted by Gasteiger charge is -2.21. The van der Waals surface area contributed by atoms with Crippen LogP contribution >= 0.6 is 27.3 Å². The number of halogens is 1. The summed E-state index contributed by atoms with van der Waals surface area (Å²) in [6.07, 6.45) is 0.210. The average molecular weight is 570 g/mol. The molecule has 0 aliphatic rings. The third kappa shape index (κ3) is 5.98. The Kier molecular flexibility index (Phi) is 8.79. The minimum Gasteiger partial charge on any atom is -0.372 e. The summed E-state index contributed by atoms with van der Waals surface area (Å²) >= 11 is 5.17. The molecule has 190 valence electrons. The molecule has 0 fully saturated rings. The lowest BCUT2D eigenvalue weighted by Crippen LogP contribution is -2.26. The minimum absolute atomic E-state index is 0.204. The minimum atomic E-state index is -0.345. The number of primary amides is 1. The van der Waals surface area contributed by atoms with Gasteiger partial charge in [0, 0.05) is 61.3 Å². The van der Waals surface area contributed by atoms with Crippen LogP contribution in [0.1, 0.15) is 36.8 Å². The Morgan fingerprint density at radius 2 is 1.89 bits per heavy atom. The highest BCUT2D eigenvalue weighted by atomic mass is 79.9. The number of benzene rings is 2. The van der Waals surface area contributed by atoms with E-state index in [0.29, 0.717) is 19.6 Å². The van der Waals surface area contributed by atoms with Crippen LogP contribution in [0, 0.1) is 0 Å². The molecule has 0 radical (unpaired) electrons. The van der Waals surface area contributed by atoms with Gasteiger partial charge in [-0.25, -0.2) is 4.98 Å². The van der Waals surface area contributed by atoms with Gasteiger partial charge in [-0.05, 0) is 83.9 Å². The standard InChI is InChI=1S/C27H33BrN6OS/c1-3-33(4-2)20-8-5-18(6-9-20)27-32-23-15-19(7-11-24(23)34(27)14-13-29)22(16-26(30)35)31-17-21-10-12-25(28)36-21/h5-12,15,22,31H,3-4,13-14,16-17,29H2,1-2H3,(H2,30,35). The molecule has 4 rings (SSSR count). The van der Waals surface area contributed by atoms with E-state index in [-0.39, 0.29) is 18.4 Å². The molecular weight excluding hydrogens is 536 g/mol. The monoisotopic (exact) mass is 568 g/mol. The fraction of sp³-hybridized carbons (Fsp3) is 0.333. The predicted octanol–water partition coefficient (Wildman–Crippen LogP) is 5.04. The van der Waals surface area contributed by atoms with Crippen molar-refractivity contribution in [1.29, 1.82) is 0 Å². The van der Waals surface area contributed by atoms with Crippen LogP contribution in [0.3, 0.4) is 0 Å². The first-order chi connectivity index (χ1) is 17.4. The molecule has 2 aromatic carbocycles. The smallest absolute Gasteiger partial charge is 0.219 e. The van der Waals surface area contributed by atoms with Gasteiger partial charge in [0.05, 0.1) is 14.8 Å². The second kappa shape index (κ2) is 12.0. The normalized spacial score (nSPS) is 12.2. The Morgan fingerprint density at radius 3 is 2.50 bits per heavy atom. The maximum atomic E-state index is 11.8. The molecule has 0 saturated heterocycles. The van der Waals surface area contributed by atoms with Crippen LogP contribution in [0.5, 0.6) is 0 Å². The Morgan fingerprint density at radius 1 is 1.14 bits per heavy atom. The molecule has 0 aliphatic carbocycles. The summed E-state index contributed by atoms with van der Waals surface area (Å²) in [7, 11) is 0. The number of carbonyl (C=O) groups is 1. The Labute approximate surface area is 224 Å². The van der Waals surface area contributed by atoms with Crippen molar-refractivity contribution in [3.8, 4) is 11.4 Å². The average Bonchev–Trinajstić information content (AvgIpc) is 3.46. The number of amides is 1. The summed E-state index contributed by atoms with van der Waals surface area (Å²) in [5.41, 5.74) is 16.7. The van der Waals surface area contributed by atoms with Crippen molar-refractivity contribution in [3.05, 3.63) is 68.8 Å². The molecule has 4 aromatic rings. The number of fused-ring (bicyclic) bond motifs is 1. The fourth-order valence-corrected chi connectivity index (χ4v) is 5.96. The van der Waals surface area contributed by atoms with E-state index in [2.05, 4.69) is 93.1 Å². The SMILES string of the molecule is CCN(CC)c1ccc(-c2nc3cc(C(CC(N)=O)NCc4ccc(Br)s4)ccc3n2CCN)cc1. The van der Waals surface area contributed by atoms with E-state index in [1.54, 1.807) is 11.3 Å². The molecule has 1 amide bonds. The van der Waals surface area contributed by atoms with Gasteiger partial charge in [0.2, 0.25) is 5.91 Å². The number of imidazole rings is 1. The van der Waals surface area contributed by atoms with Gasteiger partial charge in [0.1, 0.15) is 5.82 Å². The summed E-state index contributed by atoms with van der Waals surface area (Å²) in [5, 5.41) is 3.50. The van der Waals surface area contributed by atoms with Crippen molar-refractivity contribution in [2.45, 2.75) is 39.4 Å². The molecular formula is C27H33BrN6OS. The fourth-order valence-electron chi connectivity index (χ4n) is 4.53. The lowest BCUT2D eigenvalue weighted by molar-refractivity contribution is -0.118. The van der Waals surface area contributed by atoms with E-state index in [4.69, 9.17) is 16.5 Å². The molecule has 9 heteroatoms. The molecule has 0 saturated carbocycles. The van der Waals surface area contributed by atoms with E-state index in [1.807, 2.05) is 6.07 Å². The van der Waals surface area contributed by atoms with E-state index >= 15 is 0 Å². The number of hydrogen-bond donors (Lipinski definition) is 3. The van der Waals surface area contributed by atoms with Gasteiger partial charge in [-0.2, -0.15) is 0 Å². The van der Waals surface area contributed by atoms with Gasteiger partial charge in [-0.3, -0.25) is 4.79 Å². The second-order valence-corrected chi connectivity index (χ2v) is 11.2. The molecule has 0 bridgehead atoms. The summed E-state index contributed by atoms with van der Waals surface area (Å²) in [4.78, 5) is 20.4. The summed E-state index contributed by atoms with van der Waals surface area (Å²) in [6, 6.07) is 18.6. The maximum Gasteiger partial charge on any atom is 0.219 e. The molecule has 0 spiro atoms. The largest absolute Gasteiger partial charge is 0.372 e. The van der Waals surface area contributed by atoms with Gasteiger partial charge in [0.15, 0.2) is 0 Å². The van der Waals surface area contributed by atoms with Crippen LogP contribution in [0.4, 0.5) is 5.69 Å².